The first-order valence-electron chi connectivity index (χ1n) is 7.09. The molecule has 2 aromatic rings. The molecule has 3 rings (SSSR count). The minimum absolute atomic E-state index is 0.0752. The average molecular weight is 362 g/mol. The molecule has 4 nitrogen and oxygen atoms in total. The number of ether oxygens (including phenoxy) is 2. The fourth-order valence-electron chi connectivity index (χ4n) is 2.30. The molecule has 1 atom stereocenters. The lowest BCUT2D eigenvalue weighted by Gasteiger charge is -2.19. The van der Waals surface area contributed by atoms with Crippen molar-refractivity contribution >= 4 is 21.8 Å². The number of rotatable bonds is 3. The number of carbonyl (C=O) groups is 1. The summed E-state index contributed by atoms with van der Waals surface area (Å²) in [5.74, 6) is 1.17. The van der Waals surface area contributed by atoms with Gasteiger partial charge in [0, 0.05) is 10.0 Å². The van der Waals surface area contributed by atoms with Crippen LogP contribution in [0.4, 0.5) is 0 Å². The third-order valence-electron chi connectivity index (χ3n) is 3.52. The lowest BCUT2D eigenvalue weighted by atomic mass is 10.1. The number of hydrogen-bond acceptors (Lipinski definition) is 3. The molecule has 1 aliphatic heterocycles. The van der Waals surface area contributed by atoms with Gasteiger partial charge in [0.05, 0.1) is 6.04 Å². The van der Waals surface area contributed by atoms with Gasteiger partial charge in [-0.1, -0.05) is 28.1 Å². The van der Waals surface area contributed by atoms with E-state index >= 15 is 0 Å². The van der Waals surface area contributed by atoms with Gasteiger partial charge in [0.1, 0.15) is 13.2 Å². The van der Waals surface area contributed by atoms with Crippen LogP contribution in [-0.2, 0) is 0 Å². The van der Waals surface area contributed by atoms with Gasteiger partial charge in [-0.05, 0) is 42.8 Å². The number of nitrogens with one attached hydrogen (secondary N) is 1. The smallest absolute Gasteiger partial charge is 0.251 e. The van der Waals surface area contributed by atoms with Crippen LogP contribution in [0, 0.1) is 0 Å². The summed E-state index contributed by atoms with van der Waals surface area (Å²) in [4.78, 5) is 12.4. The van der Waals surface area contributed by atoms with E-state index in [0.717, 1.165) is 10.0 Å². The zero-order valence-electron chi connectivity index (χ0n) is 12.1. The molecule has 2 aromatic carbocycles. The number of amides is 1. The molecule has 1 aliphatic rings. The Morgan fingerprint density at radius 1 is 1.09 bits per heavy atom. The fourth-order valence-corrected chi connectivity index (χ4v) is 2.56. The van der Waals surface area contributed by atoms with Gasteiger partial charge >= 0.3 is 0 Å². The van der Waals surface area contributed by atoms with Gasteiger partial charge < -0.3 is 14.8 Å². The second-order valence-electron chi connectivity index (χ2n) is 5.11. The fraction of sp³-hybridized carbons (Fsp3) is 0.235. The third-order valence-corrected chi connectivity index (χ3v) is 4.05. The SMILES string of the molecule is CC(NC(=O)c1ccc2c(c1)OCCO2)c1ccc(Br)cc1. The van der Waals surface area contributed by atoms with E-state index < -0.39 is 0 Å². The van der Waals surface area contributed by atoms with Crippen molar-refractivity contribution in [3.05, 3.63) is 58.1 Å². The first kappa shape index (κ1) is 14.9. The van der Waals surface area contributed by atoms with Crippen LogP contribution in [0.3, 0.4) is 0 Å². The van der Waals surface area contributed by atoms with E-state index in [2.05, 4.69) is 21.2 Å². The van der Waals surface area contributed by atoms with Crippen LogP contribution in [0.25, 0.3) is 0 Å². The van der Waals surface area contributed by atoms with Crippen molar-refractivity contribution in [1.82, 2.24) is 5.32 Å². The molecule has 0 fully saturated rings. The third kappa shape index (κ3) is 3.25. The quantitative estimate of drug-likeness (QED) is 0.906. The lowest BCUT2D eigenvalue weighted by Crippen LogP contribution is -2.27. The maximum Gasteiger partial charge on any atom is 0.251 e. The minimum Gasteiger partial charge on any atom is -0.486 e. The van der Waals surface area contributed by atoms with E-state index in [0.29, 0.717) is 30.3 Å². The zero-order valence-corrected chi connectivity index (χ0v) is 13.7. The molecule has 0 saturated carbocycles. The Morgan fingerprint density at radius 2 is 1.77 bits per heavy atom. The highest BCUT2D eigenvalue weighted by Gasteiger charge is 2.16. The predicted octanol–water partition coefficient (Wildman–Crippen LogP) is 3.71. The summed E-state index contributed by atoms with van der Waals surface area (Å²) in [5, 5.41) is 2.99. The maximum absolute atomic E-state index is 12.4. The highest BCUT2D eigenvalue weighted by molar-refractivity contribution is 9.10. The number of halogens is 1. The van der Waals surface area contributed by atoms with Crippen LogP contribution in [0.15, 0.2) is 46.9 Å². The van der Waals surface area contributed by atoms with Crippen molar-refractivity contribution in [1.29, 1.82) is 0 Å². The van der Waals surface area contributed by atoms with Gasteiger partial charge in [-0.3, -0.25) is 4.79 Å². The molecular weight excluding hydrogens is 346 g/mol. The van der Waals surface area contributed by atoms with Crippen LogP contribution < -0.4 is 14.8 Å². The maximum atomic E-state index is 12.4. The summed E-state index contributed by atoms with van der Waals surface area (Å²) in [7, 11) is 0. The molecule has 0 radical (unpaired) electrons. The van der Waals surface area contributed by atoms with E-state index in [-0.39, 0.29) is 11.9 Å². The summed E-state index contributed by atoms with van der Waals surface area (Å²) in [5.41, 5.74) is 1.61. The molecule has 0 saturated heterocycles. The highest BCUT2D eigenvalue weighted by atomic mass is 79.9. The lowest BCUT2D eigenvalue weighted by molar-refractivity contribution is 0.0938. The van der Waals surface area contributed by atoms with Crippen LogP contribution in [0.5, 0.6) is 11.5 Å². The summed E-state index contributed by atoms with van der Waals surface area (Å²) >= 11 is 3.40. The van der Waals surface area contributed by atoms with Gasteiger partial charge in [-0.25, -0.2) is 0 Å². The van der Waals surface area contributed by atoms with Crippen molar-refractivity contribution in [3.8, 4) is 11.5 Å². The Kier molecular flexibility index (Phi) is 4.34. The molecule has 1 amide bonds. The molecule has 0 aliphatic carbocycles. The molecule has 22 heavy (non-hydrogen) atoms. The van der Waals surface area contributed by atoms with E-state index in [9.17, 15) is 4.79 Å². The predicted molar refractivity (Wildman–Crippen MR) is 87.5 cm³/mol. The van der Waals surface area contributed by atoms with Crippen LogP contribution >= 0.6 is 15.9 Å². The molecule has 1 N–H and O–H groups in total. The number of hydrogen-bond donors (Lipinski definition) is 1. The van der Waals surface area contributed by atoms with Gasteiger partial charge in [0.2, 0.25) is 0 Å². The monoisotopic (exact) mass is 361 g/mol. The molecule has 1 unspecified atom stereocenters. The van der Waals surface area contributed by atoms with Crippen LogP contribution in [0.1, 0.15) is 28.9 Å². The molecule has 0 aromatic heterocycles. The van der Waals surface area contributed by atoms with Crippen LogP contribution in [0.2, 0.25) is 0 Å². The first-order valence-corrected chi connectivity index (χ1v) is 7.89. The van der Waals surface area contributed by atoms with Gasteiger partial charge in [0.15, 0.2) is 11.5 Å². The normalized spacial score (nSPS) is 14.3. The zero-order chi connectivity index (χ0) is 15.5. The Balaban J connectivity index is 1.72. The van der Waals surface area contributed by atoms with Crippen molar-refractivity contribution in [2.24, 2.45) is 0 Å². The highest BCUT2D eigenvalue weighted by Crippen LogP contribution is 2.30. The van der Waals surface area contributed by atoms with E-state index in [1.165, 1.54) is 0 Å². The first-order chi connectivity index (χ1) is 10.6. The van der Waals surface area contributed by atoms with Crippen molar-refractivity contribution in [2.45, 2.75) is 13.0 Å². The molecule has 0 bridgehead atoms. The molecule has 1 heterocycles. The van der Waals surface area contributed by atoms with Crippen LogP contribution in [-0.4, -0.2) is 19.1 Å². The summed E-state index contributed by atoms with van der Waals surface area (Å²) < 4.78 is 12.0. The summed E-state index contributed by atoms with van der Waals surface area (Å²) in [6.45, 7) is 3.01. The van der Waals surface area contributed by atoms with E-state index in [1.54, 1.807) is 18.2 Å². The average Bonchev–Trinajstić information content (AvgIpc) is 2.55. The Hall–Kier alpha value is -2.01. The molecule has 114 valence electrons. The van der Waals surface area contributed by atoms with Crippen molar-refractivity contribution in [2.75, 3.05) is 13.2 Å². The van der Waals surface area contributed by atoms with E-state index in [1.807, 2.05) is 31.2 Å². The van der Waals surface area contributed by atoms with Crippen molar-refractivity contribution in [3.63, 3.8) is 0 Å². The van der Waals surface area contributed by atoms with Gasteiger partial charge in [-0.15, -0.1) is 0 Å². The second kappa shape index (κ2) is 6.40. The number of benzene rings is 2. The number of fused-ring (bicyclic) bond motifs is 1. The Morgan fingerprint density at radius 3 is 2.50 bits per heavy atom. The summed E-state index contributed by atoms with van der Waals surface area (Å²) in [6.07, 6.45) is 0. The molecule has 5 heteroatoms. The minimum atomic E-state index is -0.132. The molecule has 0 spiro atoms. The van der Waals surface area contributed by atoms with Gasteiger partial charge in [-0.2, -0.15) is 0 Å². The standard InChI is InChI=1S/C17H16BrNO3/c1-11(12-2-5-14(18)6-3-12)19-17(20)13-4-7-15-16(10-13)22-9-8-21-15/h2-7,10-11H,8-9H2,1H3,(H,19,20). The van der Waals surface area contributed by atoms with E-state index in [4.69, 9.17) is 9.47 Å². The Labute approximate surface area is 137 Å². The number of carbonyl (C=O) groups excluding carboxylic acids is 1. The molecular formula is C17H16BrNO3. The largest absolute Gasteiger partial charge is 0.486 e. The van der Waals surface area contributed by atoms with Crippen molar-refractivity contribution < 1.29 is 14.3 Å². The topological polar surface area (TPSA) is 47.6 Å². The van der Waals surface area contributed by atoms with Gasteiger partial charge in [0.25, 0.3) is 5.91 Å². The Bertz CT molecular complexity index is 685. The summed E-state index contributed by atoms with van der Waals surface area (Å²) in [6, 6.07) is 13.1. The second-order valence-corrected chi connectivity index (χ2v) is 6.02.